The molecular weight excluding hydrogens is 230 g/mol. The molecule has 0 aliphatic rings. The highest BCUT2D eigenvalue weighted by Gasteiger charge is 2.19. The van der Waals surface area contributed by atoms with E-state index in [4.69, 9.17) is 9.47 Å². The number of rotatable bonds is 6. The van der Waals surface area contributed by atoms with Crippen LogP contribution >= 0.6 is 0 Å². The molecule has 1 heterocycles. The SMILES string of the molecule is COCC(C)(C)Nc1nc(C)cc(OC(C)C)n1. The molecule has 0 saturated heterocycles. The lowest BCUT2D eigenvalue weighted by Crippen LogP contribution is -2.36. The number of ether oxygens (including phenoxy) is 2. The molecule has 5 heteroatoms. The summed E-state index contributed by atoms with van der Waals surface area (Å²) < 4.78 is 10.7. The minimum absolute atomic E-state index is 0.0964. The van der Waals surface area contributed by atoms with Gasteiger partial charge in [0.1, 0.15) is 0 Å². The van der Waals surface area contributed by atoms with Crippen molar-refractivity contribution in [2.45, 2.75) is 46.3 Å². The standard InChI is InChI=1S/C13H23N3O2/c1-9(2)18-11-7-10(3)14-12(15-11)16-13(4,5)8-17-6/h7,9H,8H2,1-6H3,(H,14,15,16). The Morgan fingerprint density at radius 2 is 2.00 bits per heavy atom. The molecule has 18 heavy (non-hydrogen) atoms. The number of aryl methyl sites for hydroxylation is 1. The van der Waals surface area contributed by atoms with Gasteiger partial charge in [0.05, 0.1) is 18.2 Å². The summed E-state index contributed by atoms with van der Waals surface area (Å²) in [5.41, 5.74) is 0.647. The molecule has 0 atom stereocenters. The molecule has 1 N–H and O–H groups in total. The summed E-state index contributed by atoms with van der Waals surface area (Å²) in [5, 5.41) is 3.25. The third kappa shape index (κ3) is 4.87. The first-order chi connectivity index (χ1) is 8.32. The van der Waals surface area contributed by atoms with Crippen LogP contribution in [0.15, 0.2) is 6.07 Å². The fraction of sp³-hybridized carbons (Fsp3) is 0.692. The van der Waals surface area contributed by atoms with Gasteiger partial charge in [0, 0.05) is 18.9 Å². The van der Waals surface area contributed by atoms with Crippen LogP contribution in [0.4, 0.5) is 5.95 Å². The van der Waals surface area contributed by atoms with Crippen LogP contribution in [0.3, 0.4) is 0 Å². The minimum atomic E-state index is -0.225. The first kappa shape index (κ1) is 14.7. The number of hydrogen-bond donors (Lipinski definition) is 1. The number of nitrogens with one attached hydrogen (secondary N) is 1. The number of nitrogens with zero attached hydrogens (tertiary/aromatic N) is 2. The van der Waals surface area contributed by atoms with Crippen molar-refractivity contribution in [3.63, 3.8) is 0 Å². The lowest BCUT2D eigenvalue weighted by Gasteiger charge is -2.25. The van der Waals surface area contributed by atoms with Crippen LogP contribution in [-0.4, -0.2) is 35.3 Å². The lowest BCUT2D eigenvalue weighted by atomic mass is 10.1. The molecule has 0 aliphatic carbocycles. The highest BCUT2D eigenvalue weighted by molar-refractivity contribution is 5.33. The van der Waals surface area contributed by atoms with Crippen LogP contribution < -0.4 is 10.1 Å². The Bertz CT molecular complexity index is 392. The highest BCUT2D eigenvalue weighted by Crippen LogP contribution is 2.17. The van der Waals surface area contributed by atoms with Gasteiger partial charge < -0.3 is 14.8 Å². The zero-order valence-electron chi connectivity index (χ0n) is 12.1. The molecule has 0 aliphatic heterocycles. The predicted octanol–water partition coefficient (Wildman–Crippen LogP) is 2.41. The Kier molecular flexibility index (Phi) is 4.90. The molecule has 5 nitrogen and oxygen atoms in total. The molecular formula is C13H23N3O2. The largest absolute Gasteiger partial charge is 0.475 e. The van der Waals surface area contributed by atoms with Crippen LogP contribution in [0.2, 0.25) is 0 Å². The smallest absolute Gasteiger partial charge is 0.226 e. The molecule has 102 valence electrons. The van der Waals surface area contributed by atoms with Crippen LogP contribution in [-0.2, 0) is 4.74 Å². The summed E-state index contributed by atoms with van der Waals surface area (Å²) in [6.07, 6.45) is 0.0964. The first-order valence-corrected chi connectivity index (χ1v) is 6.12. The lowest BCUT2D eigenvalue weighted by molar-refractivity contribution is 0.157. The van der Waals surface area contributed by atoms with Gasteiger partial charge in [-0.3, -0.25) is 0 Å². The van der Waals surface area contributed by atoms with Crippen molar-refractivity contribution in [2.75, 3.05) is 19.0 Å². The predicted molar refractivity (Wildman–Crippen MR) is 72.1 cm³/mol. The van der Waals surface area contributed by atoms with Gasteiger partial charge in [-0.25, -0.2) is 4.98 Å². The summed E-state index contributed by atoms with van der Waals surface area (Å²) in [5.74, 6) is 1.15. The molecule has 1 aromatic heterocycles. The Morgan fingerprint density at radius 1 is 1.33 bits per heavy atom. The van der Waals surface area contributed by atoms with E-state index in [1.54, 1.807) is 7.11 Å². The molecule has 0 aromatic carbocycles. The highest BCUT2D eigenvalue weighted by atomic mass is 16.5. The fourth-order valence-corrected chi connectivity index (χ4v) is 1.60. The van der Waals surface area contributed by atoms with E-state index < -0.39 is 0 Å². The van der Waals surface area contributed by atoms with E-state index in [2.05, 4.69) is 15.3 Å². The van der Waals surface area contributed by atoms with Crippen LogP contribution in [0, 0.1) is 6.92 Å². The second-order valence-electron chi connectivity index (χ2n) is 5.28. The maximum Gasteiger partial charge on any atom is 0.226 e. The summed E-state index contributed by atoms with van der Waals surface area (Å²) in [6.45, 7) is 10.5. The number of anilines is 1. The van der Waals surface area contributed by atoms with E-state index in [1.807, 2.05) is 40.7 Å². The molecule has 0 saturated carbocycles. The summed E-state index contributed by atoms with van der Waals surface area (Å²) in [7, 11) is 1.67. The van der Waals surface area contributed by atoms with Crippen molar-refractivity contribution in [1.29, 1.82) is 0 Å². The average molecular weight is 253 g/mol. The summed E-state index contributed by atoms with van der Waals surface area (Å²) in [6, 6.07) is 1.83. The summed E-state index contributed by atoms with van der Waals surface area (Å²) >= 11 is 0. The molecule has 0 bridgehead atoms. The monoisotopic (exact) mass is 253 g/mol. The van der Waals surface area contributed by atoms with Gasteiger partial charge in [0.25, 0.3) is 0 Å². The van der Waals surface area contributed by atoms with E-state index in [-0.39, 0.29) is 11.6 Å². The maximum absolute atomic E-state index is 5.59. The van der Waals surface area contributed by atoms with Crippen LogP contribution in [0.5, 0.6) is 5.88 Å². The third-order valence-electron chi connectivity index (χ3n) is 2.14. The van der Waals surface area contributed by atoms with Gasteiger partial charge in [0.2, 0.25) is 11.8 Å². The molecule has 0 radical (unpaired) electrons. The second kappa shape index (κ2) is 6.00. The van der Waals surface area contributed by atoms with E-state index in [9.17, 15) is 0 Å². The normalized spacial score (nSPS) is 11.7. The van der Waals surface area contributed by atoms with Gasteiger partial charge in [-0.15, -0.1) is 0 Å². The third-order valence-corrected chi connectivity index (χ3v) is 2.14. The molecule has 0 spiro atoms. The second-order valence-corrected chi connectivity index (χ2v) is 5.28. The first-order valence-electron chi connectivity index (χ1n) is 6.12. The van der Waals surface area contributed by atoms with Gasteiger partial charge in [-0.1, -0.05) is 0 Å². The Labute approximate surface area is 109 Å². The van der Waals surface area contributed by atoms with Crippen molar-refractivity contribution in [2.24, 2.45) is 0 Å². The topological polar surface area (TPSA) is 56.3 Å². The summed E-state index contributed by atoms with van der Waals surface area (Å²) in [4.78, 5) is 8.69. The molecule has 1 aromatic rings. The van der Waals surface area contributed by atoms with Gasteiger partial charge >= 0.3 is 0 Å². The molecule has 0 amide bonds. The van der Waals surface area contributed by atoms with Crippen molar-refractivity contribution in [3.8, 4) is 5.88 Å². The number of hydrogen-bond acceptors (Lipinski definition) is 5. The zero-order valence-corrected chi connectivity index (χ0v) is 12.1. The molecule has 0 fully saturated rings. The van der Waals surface area contributed by atoms with Crippen LogP contribution in [0.25, 0.3) is 0 Å². The van der Waals surface area contributed by atoms with Crippen molar-refractivity contribution >= 4 is 5.95 Å². The van der Waals surface area contributed by atoms with Crippen molar-refractivity contribution in [3.05, 3.63) is 11.8 Å². The van der Waals surface area contributed by atoms with Gasteiger partial charge in [-0.2, -0.15) is 4.98 Å². The maximum atomic E-state index is 5.59. The minimum Gasteiger partial charge on any atom is -0.475 e. The number of methoxy groups -OCH3 is 1. The van der Waals surface area contributed by atoms with Crippen molar-refractivity contribution < 1.29 is 9.47 Å². The van der Waals surface area contributed by atoms with Crippen LogP contribution in [0.1, 0.15) is 33.4 Å². The number of aromatic nitrogens is 2. The van der Waals surface area contributed by atoms with Gasteiger partial charge in [-0.05, 0) is 34.6 Å². The van der Waals surface area contributed by atoms with E-state index in [0.717, 1.165) is 5.69 Å². The van der Waals surface area contributed by atoms with Crippen molar-refractivity contribution in [1.82, 2.24) is 9.97 Å². The Morgan fingerprint density at radius 3 is 2.56 bits per heavy atom. The quantitative estimate of drug-likeness (QED) is 0.843. The zero-order chi connectivity index (χ0) is 13.8. The van der Waals surface area contributed by atoms with E-state index >= 15 is 0 Å². The fourth-order valence-electron chi connectivity index (χ4n) is 1.60. The van der Waals surface area contributed by atoms with E-state index in [1.165, 1.54) is 0 Å². The average Bonchev–Trinajstić information content (AvgIpc) is 2.13. The Hall–Kier alpha value is -1.36. The van der Waals surface area contributed by atoms with E-state index in [0.29, 0.717) is 18.4 Å². The molecule has 1 rings (SSSR count). The van der Waals surface area contributed by atoms with Gasteiger partial charge in [0.15, 0.2) is 0 Å². The molecule has 0 unspecified atom stereocenters. The Balaban J connectivity index is 2.85.